The lowest BCUT2D eigenvalue weighted by molar-refractivity contribution is 0.0526. The number of furan rings is 1. The lowest BCUT2D eigenvalue weighted by Gasteiger charge is -2.35. The van der Waals surface area contributed by atoms with Crippen LogP contribution in [-0.4, -0.2) is 59.4 Å². The zero-order chi connectivity index (χ0) is 21.3. The molecule has 0 amide bonds. The second kappa shape index (κ2) is 10.7. The van der Waals surface area contributed by atoms with Gasteiger partial charge in [-0.2, -0.15) is 5.10 Å². The van der Waals surface area contributed by atoms with E-state index in [2.05, 4.69) is 21.9 Å². The second-order valence-corrected chi connectivity index (χ2v) is 7.52. The fraction of sp³-hybridized carbons (Fsp3) is 0.500. The minimum Gasteiger partial charge on any atom is -0.469 e. The Hall–Kier alpha value is -3.03. The Labute approximate surface area is 177 Å². The number of hydrogen-bond acceptors (Lipinski definition) is 5. The molecule has 0 radical (unpaired) electrons. The van der Waals surface area contributed by atoms with Crippen LogP contribution >= 0.6 is 0 Å². The molecule has 1 aliphatic heterocycles. The number of esters is 1. The summed E-state index contributed by atoms with van der Waals surface area (Å²) in [6.45, 7) is 11.1. The summed E-state index contributed by atoms with van der Waals surface area (Å²) in [6, 6.07) is 4.04. The van der Waals surface area contributed by atoms with Gasteiger partial charge in [0.15, 0.2) is 5.96 Å². The van der Waals surface area contributed by atoms with Crippen molar-refractivity contribution < 1.29 is 13.9 Å². The van der Waals surface area contributed by atoms with Crippen molar-refractivity contribution in [3.63, 3.8) is 0 Å². The summed E-state index contributed by atoms with van der Waals surface area (Å²) in [5, 5.41) is 7.88. The van der Waals surface area contributed by atoms with Crippen molar-refractivity contribution in [2.45, 2.75) is 39.2 Å². The maximum Gasteiger partial charge on any atom is 0.341 e. The fourth-order valence-electron chi connectivity index (χ4n) is 3.45. The van der Waals surface area contributed by atoms with Gasteiger partial charge < -0.3 is 19.4 Å². The molecule has 2 aromatic rings. The molecule has 2 aromatic heterocycles. The van der Waals surface area contributed by atoms with E-state index in [-0.39, 0.29) is 12.0 Å². The molecule has 0 aromatic carbocycles. The summed E-state index contributed by atoms with van der Waals surface area (Å²) in [4.78, 5) is 19.0. The number of carbonyl (C=O) groups excluding carboxylic acids is 1. The van der Waals surface area contributed by atoms with Gasteiger partial charge in [0.25, 0.3) is 0 Å². The third-order valence-electron chi connectivity index (χ3n) is 4.92. The molecule has 0 bridgehead atoms. The summed E-state index contributed by atoms with van der Waals surface area (Å²) in [5.74, 6) is 1.48. The molecule has 8 nitrogen and oxygen atoms in total. The van der Waals surface area contributed by atoms with Crippen molar-refractivity contribution >= 4 is 11.9 Å². The van der Waals surface area contributed by atoms with Crippen LogP contribution in [0.5, 0.6) is 0 Å². The van der Waals surface area contributed by atoms with Crippen LogP contribution in [0.15, 0.2) is 52.4 Å². The first-order chi connectivity index (χ1) is 14.6. The summed E-state index contributed by atoms with van der Waals surface area (Å²) in [6.07, 6.45) is 7.86. The molecular formula is C22H31N5O3. The van der Waals surface area contributed by atoms with E-state index >= 15 is 0 Å². The van der Waals surface area contributed by atoms with Gasteiger partial charge in [-0.25, -0.2) is 9.79 Å². The Morgan fingerprint density at radius 3 is 3.10 bits per heavy atom. The Bertz CT molecular complexity index is 856. The number of likely N-dealkylation sites (tertiary alicyclic amines) is 1. The smallest absolute Gasteiger partial charge is 0.341 e. The Morgan fingerprint density at radius 1 is 1.50 bits per heavy atom. The summed E-state index contributed by atoms with van der Waals surface area (Å²) in [5.41, 5.74) is 1.50. The van der Waals surface area contributed by atoms with Crippen LogP contribution in [0, 0.1) is 0 Å². The van der Waals surface area contributed by atoms with Gasteiger partial charge in [-0.05, 0) is 38.8 Å². The highest BCUT2D eigenvalue weighted by Gasteiger charge is 2.25. The number of nitrogens with zero attached hydrogens (tertiary/aromatic N) is 4. The molecule has 1 aliphatic rings. The summed E-state index contributed by atoms with van der Waals surface area (Å²) >= 11 is 0. The molecule has 0 aliphatic carbocycles. The first kappa shape index (κ1) is 21.7. The molecule has 3 rings (SSSR count). The van der Waals surface area contributed by atoms with Crippen LogP contribution in [0.3, 0.4) is 0 Å². The molecular weight excluding hydrogens is 382 g/mol. The number of hydrogen-bond donors (Lipinski definition) is 1. The van der Waals surface area contributed by atoms with E-state index in [0.717, 1.165) is 56.2 Å². The van der Waals surface area contributed by atoms with E-state index in [4.69, 9.17) is 14.1 Å². The van der Waals surface area contributed by atoms with Crippen molar-refractivity contribution in [2.75, 3.05) is 32.8 Å². The zero-order valence-corrected chi connectivity index (χ0v) is 17.8. The van der Waals surface area contributed by atoms with Gasteiger partial charge in [0.05, 0.1) is 37.2 Å². The number of rotatable bonds is 8. The van der Waals surface area contributed by atoms with Crippen molar-refractivity contribution in [1.29, 1.82) is 0 Å². The topological polar surface area (TPSA) is 84.9 Å². The zero-order valence-electron chi connectivity index (χ0n) is 17.8. The molecule has 0 spiro atoms. The van der Waals surface area contributed by atoms with E-state index in [0.29, 0.717) is 18.7 Å². The predicted octanol–water partition coefficient (Wildman–Crippen LogP) is 3.05. The van der Waals surface area contributed by atoms with Crippen molar-refractivity contribution in [1.82, 2.24) is 20.0 Å². The third kappa shape index (κ3) is 5.98. The fourth-order valence-corrected chi connectivity index (χ4v) is 3.45. The van der Waals surface area contributed by atoms with Crippen LogP contribution in [0.25, 0.3) is 0 Å². The van der Waals surface area contributed by atoms with Crippen LogP contribution in [0.1, 0.15) is 48.8 Å². The van der Waals surface area contributed by atoms with Crippen molar-refractivity contribution in [3.05, 3.63) is 54.3 Å². The SMILES string of the molecule is C=C(C)CN=C(NCCc1ccco1)N1CCCC(n2cc(C(=O)OCC)cn2)C1. The molecule has 3 heterocycles. The van der Waals surface area contributed by atoms with Crippen molar-refractivity contribution in [3.8, 4) is 0 Å². The van der Waals surface area contributed by atoms with Gasteiger partial charge >= 0.3 is 5.97 Å². The van der Waals surface area contributed by atoms with Gasteiger partial charge in [0, 0.05) is 32.3 Å². The van der Waals surface area contributed by atoms with Crippen LogP contribution in [0.2, 0.25) is 0 Å². The van der Waals surface area contributed by atoms with Gasteiger partial charge in [-0.1, -0.05) is 12.2 Å². The van der Waals surface area contributed by atoms with Gasteiger partial charge in [0.1, 0.15) is 5.76 Å². The van der Waals surface area contributed by atoms with Crippen LogP contribution < -0.4 is 5.32 Å². The summed E-state index contributed by atoms with van der Waals surface area (Å²) < 4.78 is 12.4. The molecule has 8 heteroatoms. The highest BCUT2D eigenvalue weighted by molar-refractivity contribution is 5.88. The van der Waals surface area contributed by atoms with Crippen LogP contribution in [-0.2, 0) is 11.2 Å². The lowest BCUT2D eigenvalue weighted by Crippen LogP contribution is -2.47. The highest BCUT2D eigenvalue weighted by atomic mass is 16.5. The molecule has 1 unspecified atom stereocenters. The number of piperidine rings is 1. The summed E-state index contributed by atoms with van der Waals surface area (Å²) in [7, 11) is 0. The van der Waals surface area contributed by atoms with E-state index < -0.39 is 0 Å². The third-order valence-corrected chi connectivity index (χ3v) is 4.92. The van der Waals surface area contributed by atoms with Crippen molar-refractivity contribution in [2.24, 2.45) is 4.99 Å². The second-order valence-electron chi connectivity index (χ2n) is 7.52. The van der Waals surface area contributed by atoms with Gasteiger partial charge in [0.2, 0.25) is 0 Å². The molecule has 30 heavy (non-hydrogen) atoms. The molecule has 0 saturated carbocycles. The molecule has 1 N–H and O–H groups in total. The molecule has 1 atom stereocenters. The first-order valence-corrected chi connectivity index (χ1v) is 10.5. The van der Waals surface area contributed by atoms with E-state index in [1.165, 1.54) is 0 Å². The Kier molecular flexibility index (Phi) is 7.70. The minimum absolute atomic E-state index is 0.170. The average Bonchev–Trinajstić information content (AvgIpc) is 3.43. The number of carbonyl (C=O) groups is 1. The Morgan fingerprint density at radius 2 is 2.37 bits per heavy atom. The normalized spacial score (nSPS) is 17.1. The number of guanidine groups is 1. The largest absolute Gasteiger partial charge is 0.469 e. The Balaban J connectivity index is 1.65. The predicted molar refractivity (Wildman–Crippen MR) is 116 cm³/mol. The monoisotopic (exact) mass is 413 g/mol. The minimum atomic E-state index is -0.334. The molecule has 162 valence electrons. The quantitative estimate of drug-likeness (QED) is 0.310. The maximum atomic E-state index is 11.9. The average molecular weight is 414 g/mol. The number of aliphatic imine (C=N–C) groups is 1. The van der Waals surface area contributed by atoms with Gasteiger partial charge in [-0.15, -0.1) is 0 Å². The first-order valence-electron chi connectivity index (χ1n) is 10.5. The maximum absolute atomic E-state index is 11.9. The van der Waals surface area contributed by atoms with Crippen LogP contribution in [0.4, 0.5) is 0 Å². The highest BCUT2D eigenvalue weighted by Crippen LogP contribution is 2.21. The standard InChI is InChI=1S/C22H31N5O3/c1-4-29-21(28)18-14-25-27(15-18)19-7-5-11-26(16-19)22(24-13-17(2)3)23-10-9-20-8-6-12-30-20/h6,8,12,14-15,19H,2,4-5,7,9-11,13,16H2,1,3H3,(H,23,24). The molecule has 1 saturated heterocycles. The molecule has 1 fully saturated rings. The lowest BCUT2D eigenvalue weighted by atomic mass is 10.1. The van der Waals surface area contributed by atoms with E-state index in [1.54, 1.807) is 25.6 Å². The van der Waals surface area contributed by atoms with E-state index in [1.807, 2.05) is 23.7 Å². The number of nitrogens with one attached hydrogen (secondary N) is 1. The number of aromatic nitrogens is 2. The number of ether oxygens (including phenoxy) is 1. The van der Waals surface area contributed by atoms with Gasteiger partial charge in [-0.3, -0.25) is 4.68 Å². The van der Waals surface area contributed by atoms with E-state index in [9.17, 15) is 4.79 Å².